The standard InChI is InChI=1S/C13H20O/c1-2-5-11-10-12(14)6-9-13(11)7-3-4-8-13/h2,11H,1,3-10H2. The van der Waals surface area contributed by atoms with Crippen LogP contribution < -0.4 is 0 Å². The number of ketones is 1. The first-order chi connectivity index (χ1) is 6.77. The molecule has 2 saturated carbocycles. The molecule has 0 aromatic heterocycles. The SMILES string of the molecule is C=CCC1CC(=O)CCC12CCCC2. The Bertz CT molecular complexity index is 236. The van der Waals surface area contributed by atoms with E-state index in [9.17, 15) is 4.79 Å². The second kappa shape index (κ2) is 3.88. The number of Topliss-reactive ketones (excluding diaryl/α,β-unsaturated/α-hetero) is 1. The van der Waals surface area contributed by atoms with Crippen LogP contribution in [0.3, 0.4) is 0 Å². The van der Waals surface area contributed by atoms with Crippen molar-refractivity contribution >= 4 is 5.78 Å². The first kappa shape index (κ1) is 9.95. The highest BCUT2D eigenvalue weighted by Crippen LogP contribution is 2.52. The molecule has 2 aliphatic carbocycles. The van der Waals surface area contributed by atoms with E-state index in [1.807, 2.05) is 6.08 Å². The van der Waals surface area contributed by atoms with Gasteiger partial charge in [-0.25, -0.2) is 0 Å². The lowest BCUT2D eigenvalue weighted by Gasteiger charge is -2.40. The molecule has 1 nitrogen and oxygen atoms in total. The highest BCUT2D eigenvalue weighted by atomic mass is 16.1. The summed E-state index contributed by atoms with van der Waals surface area (Å²) in [6.45, 7) is 3.82. The minimum atomic E-state index is 0.481. The topological polar surface area (TPSA) is 17.1 Å². The third-order valence-corrected chi connectivity index (χ3v) is 4.29. The highest BCUT2D eigenvalue weighted by molar-refractivity contribution is 5.79. The zero-order valence-corrected chi connectivity index (χ0v) is 8.93. The Labute approximate surface area is 86.6 Å². The molecule has 0 heterocycles. The lowest BCUT2D eigenvalue weighted by molar-refractivity contribution is -0.125. The average Bonchev–Trinajstić information content (AvgIpc) is 2.62. The van der Waals surface area contributed by atoms with Gasteiger partial charge in [0.15, 0.2) is 0 Å². The van der Waals surface area contributed by atoms with Crippen LogP contribution in [0.4, 0.5) is 0 Å². The molecule has 2 fully saturated rings. The van der Waals surface area contributed by atoms with Gasteiger partial charge >= 0.3 is 0 Å². The third kappa shape index (κ3) is 1.65. The van der Waals surface area contributed by atoms with Gasteiger partial charge in [0, 0.05) is 12.8 Å². The van der Waals surface area contributed by atoms with Crippen molar-refractivity contribution in [3.05, 3.63) is 12.7 Å². The molecule has 1 unspecified atom stereocenters. The molecule has 0 radical (unpaired) electrons. The molecular weight excluding hydrogens is 172 g/mol. The smallest absolute Gasteiger partial charge is 0.133 e. The first-order valence-corrected chi connectivity index (χ1v) is 5.89. The first-order valence-electron chi connectivity index (χ1n) is 5.89. The zero-order chi connectivity index (χ0) is 10.0. The Morgan fingerprint density at radius 1 is 1.36 bits per heavy atom. The van der Waals surface area contributed by atoms with Crippen LogP contribution in [0.1, 0.15) is 51.4 Å². The summed E-state index contributed by atoms with van der Waals surface area (Å²) < 4.78 is 0. The summed E-state index contributed by atoms with van der Waals surface area (Å²) in [4.78, 5) is 11.5. The molecular formula is C13H20O. The van der Waals surface area contributed by atoms with Gasteiger partial charge in [0.2, 0.25) is 0 Å². The molecule has 0 saturated heterocycles. The Morgan fingerprint density at radius 2 is 2.07 bits per heavy atom. The molecule has 0 amide bonds. The fourth-order valence-corrected chi connectivity index (χ4v) is 3.46. The van der Waals surface area contributed by atoms with Crippen LogP contribution in [0, 0.1) is 11.3 Å². The van der Waals surface area contributed by atoms with E-state index in [0.717, 1.165) is 25.7 Å². The van der Waals surface area contributed by atoms with Crippen molar-refractivity contribution in [3.8, 4) is 0 Å². The molecule has 14 heavy (non-hydrogen) atoms. The van der Waals surface area contributed by atoms with Crippen LogP contribution in [0.15, 0.2) is 12.7 Å². The summed E-state index contributed by atoms with van der Waals surface area (Å²) in [6.07, 6.45) is 11.3. The highest BCUT2D eigenvalue weighted by Gasteiger charge is 2.43. The van der Waals surface area contributed by atoms with E-state index in [0.29, 0.717) is 17.1 Å². The van der Waals surface area contributed by atoms with Crippen LogP contribution in [0.25, 0.3) is 0 Å². The third-order valence-electron chi connectivity index (χ3n) is 4.29. The van der Waals surface area contributed by atoms with Crippen molar-refractivity contribution in [2.45, 2.75) is 51.4 Å². The van der Waals surface area contributed by atoms with Crippen molar-refractivity contribution < 1.29 is 4.79 Å². The fraction of sp³-hybridized carbons (Fsp3) is 0.769. The maximum absolute atomic E-state index is 11.5. The van der Waals surface area contributed by atoms with Gasteiger partial charge in [0.1, 0.15) is 5.78 Å². The molecule has 0 aliphatic heterocycles. The van der Waals surface area contributed by atoms with Crippen LogP contribution in [0.2, 0.25) is 0 Å². The normalized spacial score (nSPS) is 30.9. The fourth-order valence-electron chi connectivity index (χ4n) is 3.46. The van der Waals surface area contributed by atoms with Crippen molar-refractivity contribution in [1.29, 1.82) is 0 Å². The van der Waals surface area contributed by atoms with E-state index in [-0.39, 0.29) is 0 Å². The number of hydrogen-bond donors (Lipinski definition) is 0. The van der Waals surface area contributed by atoms with E-state index < -0.39 is 0 Å². The molecule has 1 atom stereocenters. The van der Waals surface area contributed by atoms with E-state index in [1.54, 1.807) is 0 Å². The summed E-state index contributed by atoms with van der Waals surface area (Å²) in [7, 11) is 0. The van der Waals surface area contributed by atoms with E-state index in [1.165, 1.54) is 25.7 Å². The molecule has 2 aliphatic rings. The minimum Gasteiger partial charge on any atom is -0.300 e. The van der Waals surface area contributed by atoms with Gasteiger partial charge in [-0.2, -0.15) is 0 Å². The zero-order valence-electron chi connectivity index (χ0n) is 8.93. The number of carbonyl (C=O) groups excluding carboxylic acids is 1. The summed E-state index contributed by atoms with van der Waals surface area (Å²) in [5.74, 6) is 1.10. The van der Waals surface area contributed by atoms with Crippen molar-refractivity contribution in [1.82, 2.24) is 0 Å². The van der Waals surface area contributed by atoms with Crippen LogP contribution >= 0.6 is 0 Å². The molecule has 1 spiro atoms. The second-order valence-corrected chi connectivity index (χ2v) is 5.03. The quantitative estimate of drug-likeness (QED) is 0.612. The molecule has 0 aromatic rings. The molecule has 0 bridgehead atoms. The van der Waals surface area contributed by atoms with Crippen LogP contribution in [0.5, 0.6) is 0 Å². The average molecular weight is 192 g/mol. The predicted molar refractivity (Wildman–Crippen MR) is 58.1 cm³/mol. The summed E-state index contributed by atoms with van der Waals surface area (Å²) in [5, 5.41) is 0. The van der Waals surface area contributed by atoms with Gasteiger partial charge in [-0.15, -0.1) is 6.58 Å². The van der Waals surface area contributed by atoms with Gasteiger partial charge in [-0.1, -0.05) is 18.9 Å². The summed E-state index contributed by atoms with van der Waals surface area (Å²) >= 11 is 0. The van der Waals surface area contributed by atoms with E-state index in [4.69, 9.17) is 0 Å². The Balaban J connectivity index is 2.12. The Morgan fingerprint density at radius 3 is 2.71 bits per heavy atom. The largest absolute Gasteiger partial charge is 0.300 e. The second-order valence-electron chi connectivity index (χ2n) is 5.03. The molecule has 0 N–H and O–H groups in total. The monoisotopic (exact) mass is 192 g/mol. The van der Waals surface area contributed by atoms with E-state index in [2.05, 4.69) is 6.58 Å². The van der Waals surface area contributed by atoms with Gasteiger partial charge < -0.3 is 0 Å². The minimum absolute atomic E-state index is 0.481. The van der Waals surface area contributed by atoms with Crippen LogP contribution in [-0.2, 0) is 4.79 Å². The van der Waals surface area contributed by atoms with Crippen molar-refractivity contribution in [2.75, 3.05) is 0 Å². The van der Waals surface area contributed by atoms with Gasteiger partial charge in [-0.3, -0.25) is 4.79 Å². The molecule has 78 valence electrons. The number of allylic oxidation sites excluding steroid dienone is 1. The number of carbonyl (C=O) groups is 1. The van der Waals surface area contributed by atoms with Crippen molar-refractivity contribution in [2.24, 2.45) is 11.3 Å². The molecule has 0 aromatic carbocycles. The number of hydrogen-bond acceptors (Lipinski definition) is 1. The molecule has 2 rings (SSSR count). The van der Waals surface area contributed by atoms with Gasteiger partial charge in [0.25, 0.3) is 0 Å². The maximum Gasteiger partial charge on any atom is 0.133 e. The van der Waals surface area contributed by atoms with Crippen LogP contribution in [-0.4, -0.2) is 5.78 Å². The lowest BCUT2D eigenvalue weighted by Crippen LogP contribution is -2.34. The predicted octanol–water partition coefficient (Wildman–Crippen LogP) is 3.49. The Hall–Kier alpha value is -0.590. The Kier molecular flexibility index (Phi) is 2.76. The van der Waals surface area contributed by atoms with Gasteiger partial charge in [-0.05, 0) is 37.0 Å². The van der Waals surface area contributed by atoms with Gasteiger partial charge in [0.05, 0.1) is 0 Å². The van der Waals surface area contributed by atoms with Crippen molar-refractivity contribution in [3.63, 3.8) is 0 Å². The summed E-state index contributed by atoms with van der Waals surface area (Å²) in [5.41, 5.74) is 0.530. The lowest BCUT2D eigenvalue weighted by atomic mass is 9.64. The maximum atomic E-state index is 11.5. The van der Waals surface area contributed by atoms with E-state index >= 15 is 0 Å². The summed E-state index contributed by atoms with van der Waals surface area (Å²) in [6, 6.07) is 0. The number of rotatable bonds is 2. The molecule has 1 heteroatoms.